The molecular weight excluding hydrogens is 410 g/mol. The lowest BCUT2D eigenvalue weighted by Crippen LogP contribution is -2.33. The van der Waals surface area contributed by atoms with Crippen LogP contribution in [0.4, 0.5) is 0 Å². The Morgan fingerprint density at radius 2 is 2.03 bits per heavy atom. The molecule has 2 aromatic carbocycles. The molecule has 1 aromatic heterocycles. The van der Waals surface area contributed by atoms with E-state index in [4.69, 9.17) is 9.15 Å². The Kier molecular flexibility index (Phi) is 5.22. The Balaban J connectivity index is 1.24. The Bertz CT molecular complexity index is 1120. The van der Waals surface area contributed by atoms with Gasteiger partial charge in [-0.2, -0.15) is 0 Å². The van der Waals surface area contributed by atoms with Crippen LogP contribution in [0.2, 0.25) is 0 Å². The lowest BCUT2D eigenvalue weighted by molar-refractivity contribution is -0.129. The van der Waals surface area contributed by atoms with Gasteiger partial charge in [-0.05, 0) is 46.7 Å². The van der Waals surface area contributed by atoms with Gasteiger partial charge in [-0.25, -0.2) is 0 Å². The zero-order chi connectivity index (χ0) is 21.4. The van der Waals surface area contributed by atoms with Crippen LogP contribution in [-0.2, 0) is 23.2 Å². The van der Waals surface area contributed by atoms with Crippen molar-refractivity contribution in [2.24, 2.45) is 0 Å². The topological polar surface area (TPSA) is 68.5 Å². The highest BCUT2D eigenvalue weighted by atomic mass is 32.2. The summed E-state index contributed by atoms with van der Waals surface area (Å²) >= 11 is 1.29. The predicted molar refractivity (Wildman–Crippen MR) is 119 cm³/mol. The fraction of sp³-hybridized carbons (Fsp3) is 0.375. The minimum absolute atomic E-state index is 0.0566. The standard InChI is InChI=1S/C24H25N3O3S/c1-24(2)10-11-27(14-18-5-3-4-6-19(18)24)21(28)15-31-23-26-25-22(30-23)17-7-8-20-16(13-17)9-12-29-20/h3-8,13H,9-12,14-15H2,1-2H3. The molecule has 0 atom stereocenters. The number of carbonyl (C=O) groups is 1. The first-order valence-electron chi connectivity index (χ1n) is 10.6. The normalized spacial score (nSPS) is 16.9. The van der Waals surface area contributed by atoms with Crippen molar-refractivity contribution < 1.29 is 13.9 Å². The number of ether oxygens (including phenoxy) is 1. The summed E-state index contributed by atoms with van der Waals surface area (Å²) in [5.74, 6) is 1.76. The van der Waals surface area contributed by atoms with Gasteiger partial charge in [0.1, 0.15) is 5.75 Å². The van der Waals surface area contributed by atoms with Crippen molar-refractivity contribution in [2.75, 3.05) is 18.9 Å². The molecule has 0 radical (unpaired) electrons. The van der Waals surface area contributed by atoms with E-state index in [0.29, 0.717) is 24.3 Å². The van der Waals surface area contributed by atoms with E-state index in [1.54, 1.807) is 0 Å². The second-order valence-electron chi connectivity index (χ2n) is 8.69. The summed E-state index contributed by atoms with van der Waals surface area (Å²) in [6.45, 7) is 6.60. The van der Waals surface area contributed by atoms with Gasteiger partial charge >= 0.3 is 0 Å². The van der Waals surface area contributed by atoms with Crippen molar-refractivity contribution in [2.45, 2.75) is 43.9 Å². The molecule has 3 heterocycles. The average molecular weight is 436 g/mol. The van der Waals surface area contributed by atoms with Crippen LogP contribution in [0.25, 0.3) is 11.5 Å². The predicted octanol–water partition coefficient (Wildman–Crippen LogP) is 4.47. The van der Waals surface area contributed by atoms with Crippen molar-refractivity contribution in [1.29, 1.82) is 0 Å². The third-order valence-electron chi connectivity index (χ3n) is 6.13. The van der Waals surface area contributed by atoms with Crippen molar-refractivity contribution in [1.82, 2.24) is 15.1 Å². The summed E-state index contributed by atoms with van der Waals surface area (Å²) in [4.78, 5) is 14.9. The monoisotopic (exact) mass is 435 g/mol. The lowest BCUT2D eigenvalue weighted by Gasteiger charge is -2.25. The summed E-state index contributed by atoms with van der Waals surface area (Å²) in [5, 5.41) is 8.70. The van der Waals surface area contributed by atoms with E-state index in [2.05, 4.69) is 42.2 Å². The summed E-state index contributed by atoms with van der Waals surface area (Å²) in [7, 11) is 0. The molecule has 0 bridgehead atoms. The van der Waals surface area contributed by atoms with Gasteiger partial charge in [0.2, 0.25) is 11.8 Å². The van der Waals surface area contributed by atoms with Crippen LogP contribution in [0.3, 0.4) is 0 Å². The largest absolute Gasteiger partial charge is 0.493 e. The summed E-state index contributed by atoms with van der Waals surface area (Å²) in [5.41, 5.74) is 4.65. The molecular formula is C24H25N3O3S. The number of hydrogen-bond acceptors (Lipinski definition) is 6. The number of benzene rings is 2. The van der Waals surface area contributed by atoms with E-state index in [0.717, 1.165) is 36.3 Å². The molecule has 0 fully saturated rings. The first-order valence-corrected chi connectivity index (χ1v) is 11.6. The molecule has 31 heavy (non-hydrogen) atoms. The van der Waals surface area contributed by atoms with Gasteiger partial charge < -0.3 is 14.1 Å². The molecule has 1 amide bonds. The maximum Gasteiger partial charge on any atom is 0.277 e. The summed E-state index contributed by atoms with van der Waals surface area (Å²) in [6, 6.07) is 14.3. The number of thioether (sulfide) groups is 1. The summed E-state index contributed by atoms with van der Waals surface area (Å²) in [6.07, 6.45) is 1.83. The number of nitrogens with zero attached hydrogens (tertiary/aromatic N) is 3. The highest BCUT2D eigenvalue weighted by Crippen LogP contribution is 2.34. The molecule has 7 heteroatoms. The third kappa shape index (κ3) is 4.06. The van der Waals surface area contributed by atoms with E-state index in [9.17, 15) is 4.79 Å². The lowest BCUT2D eigenvalue weighted by atomic mass is 9.80. The zero-order valence-electron chi connectivity index (χ0n) is 17.8. The van der Waals surface area contributed by atoms with Gasteiger partial charge in [0.05, 0.1) is 12.4 Å². The summed E-state index contributed by atoms with van der Waals surface area (Å²) < 4.78 is 11.4. The number of hydrogen-bond donors (Lipinski definition) is 0. The van der Waals surface area contributed by atoms with Gasteiger partial charge in [0, 0.05) is 25.1 Å². The Morgan fingerprint density at radius 1 is 1.16 bits per heavy atom. The van der Waals surface area contributed by atoms with Crippen LogP contribution >= 0.6 is 11.8 Å². The van der Waals surface area contributed by atoms with Crippen LogP contribution < -0.4 is 4.74 Å². The molecule has 0 unspecified atom stereocenters. The van der Waals surface area contributed by atoms with Gasteiger partial charge in [-0.15, -0.1) is 10.2 Å². The molecule has 0 aliphatic carbocycles. The van der Waals surface area contributed by atoms with E-state index < -0.39 is 0 Å². The zero-order valence-corrected chi connectivity index (χ0v) is 18.6. The minimum Gasteiger partial charge on any atom is -0.493 e. The smallest absolute Gasteiger partial charge is 0.277 e. The molecule has 3 aromatic rings. The molecule has 6 nitrogen and oxygen atoms in total. The average Bonchev–Trinajstić information content (AvgIpc) is 3.41. The SMILES string of the molecule is CC1(C)CCN(C(=O)CSc2nnc(-c3ccc4c(c3)CCO4)o2)Cc2ccccc21. The number of amides is 1. The molecule has 2 aliphatic rings. The number of aromatic nitrogens is 2. The molecule has 160 valence electrons. The second-order valence-corrected chi connectivity index (χ2v) is 9.62. The van der Waals surface area contributed by atoms with Crippen LogP contribution in [0.15, 0.2) is 52.1 Å². The molecule has 2 aliphatic heterocycles. The van der Waals surface area contributed by atoms with E-state index >= 15 is 0 Å². The fourth-order valence-electron chi connectivity index (χ4n) is 4.28. The Labute approximate surface area is 186 Å². The number of carbonyl (C=O) groups excluding carboxylic acids is 1. The second kappa shape index (κ2) is 8.04. The van der Waals surface area contributed by atoms with Crippen LogP contribution in [0.5, 0.6) is 5.75 Å². The maximum atomic E-state index is 13.0. The third-order valence-corrected chi connectivity index (χ3v) is 6.93. The number of rotatable bonds is 4. The van der Waals surface area contributed by atoms with Crippen molar-refractivity contribution in [3.63, 3.8) is 0 Å². The van der Waals surface area contributed by atoms with Crippen LogP contribution in [0.1, 0.15) is 37.0 Å². The van der Waals surface area contributed by atoms with Crippen LogP contribution in [-0.4, -0.2) is 39.9 Å². The van der Waals surface area contributed by atoms with Crippen molar-refractivity contribution >= 4 is 17.7 Å². The molecule has 5 rings (SSSR count). The van der Waals surface area contributed by atoms with Gasteiger partial charge in [0.15, 0.2) is 0 Å². The Morgan fingerprint density at radius 3 is 2.94 bits per heavy atom. The highest BCUT2D eigenvalue weighted by Gasteiger charge is 2.30. The molecule has 0 N–H and O–H groups in total. The number of fused-ring (bicyclic) bond motifs is 2. The van der Waals surface area contributed by atoms with Gasteiger partial charge in [-0.1, -0.05) is 49.9 Å². The first kappa shape index (κ1) is 20.1. The minimum atomic E-state index is 0.0566. The van der Waals surface area contributed by atoms with Gasteiger partial charge in [0.25, 0.3) is 5.22 Å². The first-order chi connectivity index (χ1) is 15.0. The molecule has 0 saturated carbocycles. The quantitative estimate of drug-likeness (QED) is 0.563. The van der Waals surface area contributed by atoms with Crippen molar-refractivity contribution in [3.05, 3.63) is 59.2 Å². The molecule has 0 saturated heterocycles. The van der Waals surface area contributed by atoms with E-state index in [-0.39, 0.29) is 17.1 Å². The molecule has 0 spiro atoms. The van der Waals surface area contributed by atoms with E-state index in [1.165, 1.54) is 22.9 Å². The maximum absolute atomic E-state index is 13.0. The van der Waals surface area contributed by atoms with Crippen LogP contribution in [0, 0.1) is 0 Å². The highest BCUT2D eigenvalue weighted by molar-refractivity contribution is 7.99. The van der Waals surface area contributed by atoms with Gasteiger partial charge in [-0.3, -0.25) is 4.79 Å². The van der Waals surface area contributed by atoms with E-state index in [1.807, 2.05) is 29.2 Å². The Hall–Kier alpha value is -2.80. The fourth-order valence-corrected chi connectivity index (χ4v) is 4.95. The van der Waals surface area contributed by atoms with Crippen molar-refractivity contribution in [3.8, 4) is 17.2 Å².